The summed E-state index contributed by atoms with van der Waals surface area (Å²) in [5.74, 6) is -1.35. The van der Waals surface area contributed by atoms with E-state index < -0.39 is 12.0 Å². The molecule has 1 unspecified atom stereocenters. The number of nitrogens with zero attached hydrogens (tertiary/aromatic N) is 1. The first-order valence-corrected chi connectivity index (χ1v) is 6.07. The van der Waals surface area contributed by atoms with E-state index in [0.717, 1.165) is 11.3 Å². The van der Waals surface area contributed by atoms with E-state index in [0.29, 0.717) is 0 Å². The number of allylic oxidation sites excluding steroid dienone is 1. The van der Waals surface area contributed by atoms with Crippen LogP contribution in [-0.2, 0) is 16.0 Å². The lowest BCUT2D eigenvalue weighted by atomic mass is 10.1. The standard InChI is InChI=1S/C14H18N2O3/c1-3-4-5-12(14(18)19)16-13(17)8-11-7-6-10(2)15-9-11/h3-4,6-7,9,12H,5,8H2,1-2H3,(H,16,17)(H,18,19)/b4-3+. The van der Waals surface area contributed by atoms with Crippen LogP contribution in [0.4, 0.5) is 0 Å². The van der Waals surface area contributed by atoms with Crippen LogP contribution in [0.1, 0.15) is 24.6 Å². The van der Waals surface area contributed by atoms with Gasteiger partial charge < -0.3 is 10.4 Å². The maximum Gasteiger partial charge on any atom is 0.326 e. The maximum absolute atomic E-state index is 11.7. The molecule has 0 aliphatic carbocycles. The average Bonchev–Trinajstić information content (AvgIpc) is 2.37. The Morgan fingerprint density at radius 1 is 1.47 bits per heavy atom. The van der Waals surface area contributed by atoms with Gasteiger partial charge in [-0.05, 0) is 31.9 Å². The van der Waals surface area contributed by atoms with Crippen molar-refractivity contribution in [2.24, 2.45) is 0 Å². The third-order valence-corrected chi connectivity index (χ3v) is 2.58. The van der Waals surface area contributed by atoms with E-state index in [2.05, 4.69) is 10.3 Å². The molecule has 0 saturated carbocycles. The molecule has 0 aliphatic rings. The van der Waals surface area contributed by atoms with Gasteiger partial charge in [0.05, 0.1) is 6.42 Å². The number of aromatic nitrogens is 1. The molecule has 102 valence electrons. The van der Waals surface area contributed by atoms with E-state index in [4.69, 9.17) is 5.11 Å². The van der Waals surface area contributed by atoms with Crippen LogP contribution in [-0.4, -0.2) is 28.0 Å². The van der Waals surface area contributed by atoms with E-state index in [1.54, 1.807) is 25.3 Å². The smallest absolute Gasteiger partial charge is 0.326 e. The third kappa shape index (κ3) is 5.33. The lowest BCUT2D eigenvalue weighted by Crippen LogP contribution is -2.41. The Balaban J connectivity index is 2.57. The second kappa shape index (κ2) is 7.31. The molecule has 0 saturated heterocycles. The van der Waals surface area contributed by atoms with Crippen LogP contribution in [0.25, 0.3) is 0 Å². The lowest BCUT2D eigenvalue weighted by Gasteiger charge is -2.12. The summed E-state index contributed by atoms with van der Waals surface area (Å²) in [6.07, 6.45) is 5.51. The molecular formula is C14H18N2O3. The molecule has 19 heavy (non-hydrogen) atoms. The predicted octanol–water partition coefficient (Wildman–Crippen LogP) is 1.47. The minimum Gasteiger partial charge on any atom is -0.480 e. The first kappa shape index (κ1) is 14.9. The number of carbonyl (C=O) groups excluding carboxylic acids is 1. The molecular weight excluding hydrogens is 244 g/mol. The van der Waals surface area contributed by atoms with E-state index in [1.165, 1.54) is 0 Å². The highest BCUT2D eigenvalue weighted by Crippen LogP contribution is 2.02. The molecule has 0 bridgehead atoms. The fourth-order valence-corrected chi connectivity index (χ4v) is 1.53. The number of rotatable bonds is 6. The summed E-state index contributed by atoms with van der Waals surface area (Å²) in [5, 5.41) is 11.5. The van der Waals surface area contributed by atoms with Crippen molar-refractivity contribution in [1.29, 1.82) is 0 Å². The zero-order chi connectivity index (χ0) is 14.3. The van der Waals surface area contributed by atoms with Gasteiger partial charge in [0.2, 0.25) is 5.91 Å². The average molecular weight is 262 g/mol. The number of amides is 1. The van der Waals surface area contributed by atoms with Crippen molar-refractivity contribution in [1.82, 2.24) is 10.3 Å². The molecule has 0 fully saturated rings. The number of carboxylic acids is 1. The molecule has 1 heterocycles. The summed E-state index contributed by atoms with van der Waals surface area (Å²) >= 11 is 0. The molecule has 0 aliphatic heterocycles. The fourth-order valence-electron chi connectivity index (χ4n) is 1.53. The van der Waals surface area contributed by atoms with Gasteiger partial charge in [0.15, 0.2) is 0 Å². The second-order valence-corrected chi connectivity index (χ2v) is 4.25. The third-order valence-electron chi connectivity index (χ3n) is 2.58. The van der Waals surface area contributed by atoms with Gasteiger partial charge in [-0.2, -0.15) is 0 Å². The highest BCUT2D eigenvalue weighted by atomic mass is 16.4. The van der Waals surface area contributed by atoms with Gasteiger partial charge in [-0.15, -0.1) is 0 Å². The first-order valence-electron chi connectivity index (χ1n) is 6.07. The monoisotopic (exact) mass is 262 g/mol. The van der Waals surface area contributed by atoms with Crippen LogP contribution < -0.4 is 5.32 Å². The summed E-state index contributed by atoms with van der Waals surface area (Å²) in [4.78, 5) is 26.8. The summed E-state index contributed by atoms with van der Waals surface area (Å²) in [7, 11) is 0. The number of pyridine rings is 1. The van der Waals surface area contributed by atoms with Gasteiger partial charge in [0, 0.05) is 11.9 Å². The van der Waals surface area contributed by atoms with Crippen LogP contribution >= 0.6 is 0 Å². The predicted molar refractivity (Wildman–Crippen MR) is 71.7 cm³/mol. The molecule has 2 N–H and O–H groups in total. The molecule has 1 rings (SSSR count). The molecule has 1 aromatic rings. The second-order valence-electron chi connectivity index (χ2n) is 4.25. The molecule has 0 spiro atoms. The molecule has 1 aromatic heterocycles. The molecule has 5 heteroatoms. The van der Waals surface area contributed by atoms with E-state index in [1.807, 2.05) is 19.1 Å². The quantitative estimate of drug-likeness (QED) is 0.761. The topological polar surface area (TPSA) is 79.3 Å². The van der Waals surface area contributed by atoms with Crippen molar-refractivity contribution < 1.29 is 14.7 Å². The maximum atomic E-state index is 11.7. The van der Waals surface area contributed by atoms with Crippen LogP contribution in [0.15, 0.2) is 30.5 Å². The van der Waals surface area contributed by atoms with Crippen molar-refractivity contribution in [2.75, 3.05) is 0 Å². The Labute approximate surface area is 112 Å². The molecule has 0 radical (unpaired) electrons. The van der Waals surface area contributed by atoms with Crippen molar-refractivity contribution in [2.45, 2.75) is 32.7 Å². The zero-order valence-corrected chi connectivity index (χ0v) is 11.1. The molecule has 0 aromatic carbocycles. The number of carbonyl (C=O) groups is 2. The van der Waals surface area contributed by atoms with Gasteiger partial charge in [0.25, 0.3) is 0 Å². The Bertz CT molecular complexity index is 466. The Kier molecular flexibility index (Phi) is 5.73. The van der Waals surface area contributed by atoms with Crippen molar-refractivity contribution in [3.63, 3.8) is 0 Å². The van der Waals surface area contributed by atoms with Gasteiger partial charge in [-0.3, -0.25) is 9.78 Å². The SMILES string of the molecule is C/C=C/CC(NC(=O)Cc1ccc(C)nc1)C(=O)O. The largest absolute Gasteiger partial charge is 0.480 e. The number of aliphatic carboxylic acids is 1. The van der Waals surface area contributed by atoms with E-state index >= 15 is 0 Å². The van der Waals surface area contributed by atoms with Gasteiger partial charge in [-0.1, -0.05) is 18.2 Å². The Hall–Kier alpha value is -2.17. The number of carboxylic acid groups (broad SMARTS) is 1. The number of aryl methyl sites for hydroxylation is 1. The number of hydrogen-bond donors (Lipinski definition) is 2. The molecule has 1 amide bonds. The summed E-state index contributed by atoms with van der Waals surface area (Å²) in [5.41, 5.74) is 1.64. The lowest BCUT2D eigenvalue weighted by molar-refractivity contribution is -0.141. The highest BCUT2D eigenvalue weighted by molar-refractivity contribution is 5.84. The van der Waals surface area contributed by atoms with Gasteiger partial charge in [-0.25, -0.2) is 4.79 Å². The van der Waals surface area contributed by atoms with Crippen LogP contribution in [0.5, 0.6) is 0 Å². The van der Waals surface area contributed by atoms with Crippen LogP contribution in [0.2, 0.25) is 0 Å². The molecule has 5 nitrogen and oxygen atoms in total. The zero-order valence-electron chi connectivity index (χ0n) is 11.1. The molecule has 1 atom stereocenters. The van der Waals surface area contributed by atoms with Crippen molar-refractivity contribution in [3.05, 3.63) is 41.7 Å². The first-order chi connectivity index (χ1) is 9.02. The van der Waals surface area contributed by atoms with E-state index in [-0.39, 0.29) is 18.7 Å². The van der Waals surface area contributed by atoms with E-state index in [9.17, 15) is 9.59 Å². The van der Waals surface area contributed by atoms with Crippen molar-refractivity contribution >= 4 is 11.9 Å². The summed E-state index contributed by atoms with van der Waals surface area (Å²) in [6, 6.07) is 2.74. The minimum atomic E-state index is -1.03. The Morgan fingerprint density at radius 2 is 2.21 bits per heavy atom. The fraction of sp³-hybridized carbons (Fsp3) is 0.357. The number of hydrogen-bond acceptors (Lipinski definition) is 3. The Morgan fingerprint density at radius 3 is 2.74 bits per heavy atom. The van der Waals surface area contributed by atoms with Crippen molar-refractivity contribution in [3.8, 4) is 0 Å². The van der Waals surface area contributed by atoms with Crippen LogP contribution in [0.3, 0.4) is 0 Å². The van der Waals surface area contributed by atoms with Crippen LogP contribution in [0, 0.1) is 6.92 Å². The summed E-state index contributed by atoms with van der Waals surface area (Å²) < 4.78 is 0. The normalized spacial score (nSPS) is 12.3. The highest BCUT2D eigenvalue weighted by Gasteiger charge is 2.18. The van der Waals surface area contributed by atoms with Gasteiger partial charge >= 0.3 is 5.97 Å². The summed E-state index contributed by atoms with van der Waals surface area (Å²) in [6.45, 7) is 3.67. The minimum absolute atomic E-state index is 0.132. The van der Waals surface area contributed by atoms with Gasteiger partial charge in [0.1, 0.15) is 6.04 Å². The number of nitrogens with one attached hydrogen (secondary N) is 1.